The maximum atomic E-state index is 8.66. The molecule has 0 bridgehead atoms. The Balaban J connectivity index is 2.51. The van der Waals surface area contributed by atoms with E-state index in [0.717, 1.165) is 25.9 Å². The van der Waals surface area contributed by atoms with Gasteiger partial charge in [0.25, 0.3) is 0 Å². The minimum absolute atomic E-state index is 0.144. The monoisotopic (exact) mass is 168 g/mol. The van der Waals surface area contributed by atoms with E-state index in [1.165, 1.54) is 0 Å². The molecule has 0 radical (unpaired) electrons. The predicted molar refractivity (Wildman–Crippen MR) is 46.7 cm³/mol. The Morgan fingerprint density at radius 3 is 2.67 bits per heavy atom. The lowest BCUT2D eigenvalue weighted by Gasteiger charge is -2.35. The van der Waals surface area contributed by atoms with Crippen LogP contribution in [0.4, 0.5) is 0 Å². The minimum Gasteiger partial charge on any atom is -0.374 e. The van der Waals surface area contributed by atoms with Gasteiger partial charge in [0.05, 0.1) is 18.1 Å². The average Bonchev–Trinajstić information content (AvgIpc) is 2.07. The third-order valence-corrected chi connectivity index (χ3v) is 2.37. The first-order valence-electron chi connectivity index (χ1n) is 4.54. The normalized spacial score (nSPS) is 21.7. The van der Waals surface area contributed by atoms with Crippen LogP contribution >= 0.6 is 0 Å². The SMILES string of the molecule is CCOC1(CC#N)CCNCC1. The molecule has 0 unspecified atom stereocenters. The summed E-state index contributed by atoms with van der Waals surface area (Å²) < 4.78 is 5.65. The second-order valence-electron chi connectivity index (χ2n) is 3.20. The number of piperidine rings is 1. The van der Waals surface area contributed by atoms with Crippen molar-refractivity contribution in [3.8, 4) is 6.07 Å². The zero-order chi connectivity index (χ0) is 8.86. The third kappa shape index (κ3) is 2.20. The van der Waals surface area contributed by atoms with Crippen LogP contribution in [0.3, 0.4) is 0 Å². The quantitative estimate of drug-likeness (QED) is 0.685. The van der Waals surface area contributed by atoms with Gasteiger partial charge >= 0.3 is 0 Å². The number of hydrogen-bond acceptors (Lipinski definition) is 3. The molecular formula is C9H16N2O. The molecule has 0 aromatic heterocycles. The lowest BCUT2D eigenvalue weighted by Crippen LogP contribution is -2.43. The molecule has 1 aliphatic rings. The molecule has 3 heteroatoms. The summed E-state index contributed by atoms with van der Waals surface area (Å²) >= 11 is 0. The molecule has 1 aliphatic heterocycles. The van der Waals surface area contributed by atoms with E-state index < -0.39 is 0 Å². The Morgan fingerprint density at radius 2 is 2.17 bits per heavy atom. The molecule has 1 heterocycles. The van der Waals surface area contributed by atoms with E-state index in [4.69, 9.17) is 10.00 Å². The molecule has 3 nitrogen and oxygen atoms in total. The summed E-state index contributed by atoms with van der Waals surface area (Å²) in [4.78, 5) is 0. The molecule has 1 fully saturated rings. The van der Waals surface area contributed by atoms with Crippen LogP contribution in [-0.2, 0) is 4.74 Å². The Kier molecular flexibility index (Phi) is 3.51. The Bertz CT molecular complexity index is 162. The van der Waals surface area contributed by atoms with Gasteiger partial charge in [-0.1, -0.05) is 0 Å². The van der Waals surface area contributed by atoms with Gasteiger partial charge in [-0.3, -0.25) is 0 Å². The third-order valence-electron chi connectivity index (χ3n) is 2.37. The molecule has 0 amide bonds. The van der Waals surface area contributed by atoms with Crippen molar-refractivity contribution >= 4 is 0 Å². The van der Waals surface area contributed by atoms with Gasteiger partial charge in [-0.2, -0.15) is 5.26 Å². The van der Waals surface area contributed by atoms with Crippen LogP contribution in [0.5, 0.6) is 0 Å². The fourth-order valence-electron chi connectivity index (χ4n) is 1.70. The van der Waals surface area contributed by atoms with Crippen molar-refractivity contribution in [3.63, 3.8) is 0 Å². The maximum Gasteiger partial charge on any atom is 0.0835 e. The second-order valence-corrected chi connectivity index (χ2v) is 3.20. The number of nitrogens with zero attached hydrogens (tertiary/aromatic N) is 1. The zero-order valence-corrected chi connectivity index (χ0v) is 7.60. The summed E-state index contributed by atoms with van der Waals surface area (Å²) in [5, 5.41) is 11.9. The number of nitriles is 1. The molecule has 0 aromatic carbocycles. The zero-order valence-electron chi connectivity index (χ0n) is 7.60. The summed E-state index contributed by atoms with van der Waals surface area (Å²) in [6, 6.07) is 2.21. The molecule has 0 aliphatic carbocycles. The second kappa shape index (κ2) is 4.44. The molecule has 68 valence electrons. The van der Waals surface area contributed by atoms with Crippen LogP contribution in [0.2, 0.25) is 0 Å². The lowest BCUT2D eigenvalue weighted by molar-refractivity contribution is -0.0562. The molecule has 1 N–H and O–H groups in total. The van der Waals surface area contributed by atoms with Gasteiger partial charge in [0.15, 0.2) is 0 Å². The highest BCUT2D eigenvalue weighted by atomic mass is 16.5. The Hall–Kier alpha value is -0.590. The van der Waals surface area contributed by atoms with Crippen molar-refractivity contribution in [2.75, 3.05) is 19.7 Å². The van der Waals surface area contributed by atoms with E-state index in [1.54, 1.807) is 0 Å². The smallest absolute Gasteiger partial charge is 0.0835 e. The first-order valence-corrected chi connectivity index (χ1v) is 4.54. The summed E-state index contributed by atoms with van der Waals surface area (Å²) in [6.45, 7) is 4.65. The summed E-state index contributed by atoms with van der Waals surface area (Å²) in [6.07, 6.45) is 2.46. The predicted octanol–water partition coefficient (Wildman–Crippen LogP) is 1.06. The topological polar surface area (TPSA) is 45.0 Å². The first-order chi connectivity index (χ1) is 5.83. The summed E-state index contributed by atoms with van der Waals surface area (Å²) in [5.74, 6) is 0. The van der Waals surface area contributed by atoms with E-state index in [9.17, 15) is 0 Å². The fraction of sp³-hybridized carbons (Fsp3) is 0.889. The number of hydrogen-bond donors (Lipinski definition) is 1. The Labute approximate surface area is 73.7 Å². The maximum absolute atomic E-state index is 8.66. The van der Waals surface area contributed by atoms with Gasteiger partial charge in [0, 0.05) is 6.61 Å². The van der Waals surface area contributed by atoms with Gasteiger partial charge in [0.1, 0.15) is 0 Å². The van der Waals surface area contributed by atoms with E-state index in [-0.39, 0.29) is 5.60 Å². The van der Waals surface area contributed by atoms with Crippen LogP contribution in [0.15, 0.2) is 0 Å². The first kappa shape index (κ1) is 9.50. The van der Waals surface area contributed by atoms with Crippen molar-refractivity contribution in [3.05, 3.63) is 0 Å². The molecule has 0 saturated carbocycles. The molecule has 0 atom stereocenters. The van der Waals surface area contributed by atoms with Crippen molar-refractivity contribution in [1.82, 2.24) is 5.32 Å². The average molecular weight is 168 g/mol. The Morgan fingerprint density at radius 1 is 1.50 bits per heavy atom. The standard InChI is InChI=1S/C9H16N2O/c1-2-12-9(3-6-10)4-7-11-8-5-9/h11H,2-5,7-8H2,1H3. The highest BCUT2D eigenvalue weighted by Gasteiger charge is 2.32. The number of nitrogens with one attached hydrogen (secondary N) is 1. The largest absolute Gasteiger partial charge is 0.374 e. The van der Waals surface area contributed by atoms with Crippen molar-refractivity contribution in [2.45, 2.75) is 31.8 Å². The van der Waals surface area contributed by atoms with Crippen molar-refractivity contribution in [2.24, 2.45) is 0 Å². The fourth-order valence-corrected chi connectivity index (χ4v) is 1.70. The van der Waals surface area contributed by atoms with Crippen LogP contribution in [0.1, 0.15) is 26.2 Å². The van der Waals surface area contributed by atoms with Gasteiger partial charge in [-0.25, -0.2) is 0 Å². The molecule has 0 aromatic rings. The van der Waals surface area contributed by atoms with Gasteiger partial charge < -0.3 is 10.1 Å². The van der Waals surface area contributed by atoms with Gasteiger partial charge in [-0.05, 0) is 32.9 Å². The van der Waals surface area contributed by atoms with Crippen LogP contribution in [0.25, 0.3) is 0 Å². The summed E-state index contributed by atoms with van der Waals surface area (Å²) in [5.41, 5.74) is -0.144. The highest BCUT2D eigenvalue weighted by molar-refractivity contribution is 4.93. The molecule has 0 spiro atoms. The minimum atomic E-state index is -0.144. The number of ether oxygens (including phenoxy) is 1. The molecular weight excluding hydrogens is 152 g/mol. The van der Waals surface area contributed by atoms with Crippen LogP contribution in [-0.4, -0.2) is 25.3 Å². The number of rotatable bonds is 3. The van der Waals surface area contributed by atoms with E-state index in [2.05, 4.69) is 11.4 Å². The van der Waals surface area contributed by atoms with Gasteiger partial charge in [-0.15, -0.1) is 0 Å². The lowest BCUT2D eigenvalue weighted by atomic mass is 9.89. The van der Waals surface area contributed by atoms with E-state index >= 15 is 0 Å². The molecule has 12 heavy (non-hydrogen) atoms. The van der Waals surface area contributed by atoms with Crippen molar-refractivity contribution in [1.29, 1.82) is 5.26 Å². The summed E-state index contributed by atoms with van der Waals surface area (Å²) in [7, 11) is 0. The van der Waals surface area contributed by atoms with Crippen LogP contribution < -0.4 is 5.32 Å². The van der Waals surface area contributed by atoms with Gasteiger partial charge in [0.2, 0.25) is 0 Å². The van der Waals surface area contributed by atoms with Crippen LogP contribution in [0, 0.1) is 11.3 Å². The highest BCUT2D eigenvalue weighted by Crippen LogP contribution is 2.26. The van der Waals surface area contributed by atoms with Crippen molar-refractivity contribution < 1.29 is 4.74 Å². The van der Waals surface area contributed by atoms with E-state index in [0.29, 0.717) is 13.0 Å². The molecule has 1 saturated heterocycles. The molecule has 1 rings (SSSR count). The van der Waals surface area contributed by atoms with E-state index in [1.807, 2.05) is 6.92 Å².